The van der Waals surface area contributed by atoms with E-state index in [1.807, 2.05) is 87.3 Å². The molecule has 0 amide bonds. The van der Waals surface area contributed by atoms with Crippen molar-refractivity contribution in [3.63, 3.8) is 0 Å². The molecule has 164 valence electrons. The highest BCUT2D eigenvalue weighted by molar-refractivity contribution is 5.74. The molecule has 2 unspecified atom stereocenters. The average Bonchev–Trinajstić information content (AvgIpc) is 3.18. The first-order valence-electron chi connectivity index (χ1n) is 10.5. The number of hydrogen-bond acceptors (Lipinski definition) is 5. The van der Waals surface area contributed by atoms with E-state index in [4.69, 9.17) is 9.15 Å². The number of likely N-dealkylation sites (N-methyl/N-ethyl adjacent to an activating group) is 1. The van der Waals surface area contributed by atoms with Crippen LogP contribution in [-0.4, -0.2) is 36.3 Å². The van der Waals surface area contributed by atoms with Crippen molar-refractivity contribution in [2.45, 2.75) is 33.1 Å². The minimum absolute atomic E-state index is 0.0903. The molecule has 0 saturated carbocycles. The van der Waals surface area contributed by atoms with E-state index in [0.717, 1.165) is 28.0 Å². The Morgan fingerprint density at radius 2 is 1.90 bits per heavy atom. The second-order valence-corrected chi connectivity index (χ2v) is 8.05. The standard InChI is InChI=1S/C25H30N2O4/c1-17(2)9-14-21(24(28)29)18(3)19-10-12-20(13-11-19)30-16-15-27(4)25-26-22-7-5-6-8-23(22)31-25/h5-13,18,21H,14-16H2,1-4H3,(H,28,29). The molecule has 2 atom stereocenters. The normalized spacial score (nSPS) is 12.9. The molecule has 0 bridgehead atoms. The molecule has 3 aromatic rings. The molecule has 0 fully saturated rings. The van der Waals surface area contributed by atoms with Crippen LogP contribution in [0.5, 0.6) is 5.75 Å². The highest BCUT2D eigenvalue weighted by Gasteiger charge is 2.25. The van der Waals surface area contributed by atoms with Crippen molar-refractivity contribution in [3.05, 3.63) is 65.7 Å². The van der Waals surface area contributed by atoms with E-state index >= 15 is 0 Å². The number of fused-ring (bicyclic) bond motifs is 1. The molecular formula is C25H30N2O4. The minimum Gasteiger partial charge on any atom is -0.492 e. The van der Waals surface area contributed by atoms with Crippen LogP contribution in [0.15, 0.2) is 64.6 Å². The maximum Gasteiger partial charge on any atom is 0.307 e. The molecule has 1 N–H and O–H groups in total. The Bertz CT molecular complexity index is 1000. The maximum atomic E-state index is 11.7. The van der Waals surface area contributed by atoms with E-state index in [1.165, 1.54) is 0 Å². The summed E-state index contributed by atoms with van der Waals surface area (Å²) in [5, 5.41) is 9.61. The van der Waals surface area contributed by atoms with Crippen LogP contribution in [0.25, 0.3) is 11.1 Å². The van der Waals surface area contributed by atoms with Crippen LogP contribution < -0.4 is 9.64 Å². The quantitative estimate of drug-likeness (QED) is 0.435. The fourth-order valence-electron chi connectivity index (χ4n) is 3.40. The van der Waals surface area contributed by atoms with Crippen molar-refractivity contribution in [1.29, 1.82) is 0 Å². The van der Waals surface area contributed by atoms with E-state index < -0.39 is 11.9 Å². The number of hydrogen-bond donors (Lipinski definition) is 1. The predicted octanol–water partition coefficient (Wildman–Crippen LogP) is 5.50. The molecule has 1 aromatic heterocycles. The molecule has 2 aromatic carbocycles. The molecule has 0 spiro atoms. The molecule has 31 heavy (non-hydrogen) atoms. The molecule has 0 aliphatic rings. The number of nitrogens with zero attached hydrogens (tertiary/aromatic N) is 2. The third kappa shape index (κ3) is 5.87. The third-order valence-electron chi connectivity index (χ3n) is 5.41. The number of benzene rings is 2. The number of carbonyl (C=O) groups is 1. The second kappa shape index (κ2) is 10.2. The first-order chi connectivity index (χ1) is 14.8. The van der Waals surface area contributed by atoms with Gasteiger partial charge in [0.15, 0.2) is 5.58 Å². The number of allylic oxidation sites excluding steroid dienone is 2. The SMILES string of the molecule is CC(C)=CCC(C(=O)O)C(C)c1ccc(OCCN(C)c2nc3ccccc3o2)cc1. The lowest BCUT2D eigenvalue weighted by atomic mass is 9.85. The number of para-hydroxylation sites is 2. The van der Waals surface area contributed by atoms with Gasteiger partial charge in [-0.05, 0) is 56.0 Å². The van der Waals surface area contributed by atoms with Crippen molar-refractivity contribution < 1.29 is 19.1 Å². The summed E-state index contributed by atoms with van der Waals surface area (Å²) in [7, 11) is 1.91. The first kappa shape index (κ1) is 22.4. The van der Waals surface area contributed by atoms with Crippen molar-refractivity contribution in [1.82, 2.24) is 4.98 Å². The van der Waals surface area contributed by atoms with Gasteiger partial charge in [-0.3, -0.25) is 4.79 Å². The topological polar surface area (TPSA) is 75.8 Å². The Hall–Kier alpha value is -3.28. The summed E-state index contributed by atoms with van der Waals surface area (Å²) in [6.45, 7) is 7.02. The van der Waals surface area contributed by atoms with Gasteiger partial charge in [0, 0.05) is 7.05 Å². The molecule has 6 heteroatoms. The van der Waals surface area contributed by atoms with Crippen LogP contribution >= 0.6 is 0 Å². The Balaban J connectivity index is 1.55. The summed E-state index contributed by atoms with van der Waals surface area (Å²) in [6.07, 6.45) is 2.51. The second-order valence-electron chi connectivity index (χ2n) is 8.05. The summed E-state index contributed by atoms with van der Waals surface area (Å²) in [6, 6.07) is 15.9. The number of oxazole rings is 1. The van der Waals surface area contributed by atoms with Gasteiger partial charge in [-0.25, -0.2) is 0 Å². The van der Waals surface area contributed by atoms with Crippen LogP contribution in [0.1, 0.15) is 38.7 Å². The van der Waals surface area contributed by atoms with Gasteiger partial charge in [0.05, 0.1) is 12.5 Å². The fraction of sp³-hybridized carbons (Fsp3) is 0.360. The minimum atomic E-state index is -0.771. The Morgan fingerprint density at radius 1 is 1.19 bits per heavy atom. The van der Waals surface area contributed by atoms with Gasteiger partial charge in [0.2, 0.25) is 0 Å². The van der Waals surface area contributed by atoms with E-state index in [0.29, 0.717) is 25.6 Å². The number of carboxylic acid groups (broad SMARTS) is 1. The molecule has 0 radical (unpaired) electrons. The number of aliphatic carboxylic acids is 1. The van der Waals surface area contributed by atoms with Gasteiger partial charge in [-0.2, -0.15) is 4.98 Å². The highest BCUT2D eigenvalue weighted by atomic mass is 16.5. The molecule has 1 heterocycles. The molecule has 0 aliphatic carbocycles. The number of anilines is 1. The maximum absolute atomic E-state index is 11.7. The Kier molecular flexibility index (Phi) is 7.34. The zero-order valence-electron chi connectivity index (χ0n) is 18.5. The fourth-order valence-corrected chi connectivity index (χ4v) is 3.40. The van der Waals surface area contributed by atoms with Crippen molar-refractivity contribution >= 4 is 23.1 Å². The highest BCUT2D eigenvalue weighted by Crippen LogP contribution is 2.29. The van der Waals surface area contributed by atoms with E-state index in [9.17, 15) is 9.90 Å². The van der Waals surface area contributed by atoms with Crippen LogP contribution in [0.2, 0.25) is 0 Å². The monoisotopic (exact) mass is 422 g/mol. The van der Waals surface area contributed by atoms with Crippen molar-refractivity contribution in [2.24, 2.45) is 5.92 Å². The molecule has 6 nitrogen and oxygen atoms in total. The average molecular weight is 423 g/mol. The Morgan fingerprint density at radius 3 is 2.55 bits per heavy atom. The zero-order chi connectivity index (χ0) is 22.4. The lowest BCUT2D eigenvalue weighted by Crippen LogP contribution is -2.24. The molecule has 0 saturated heterocycles. The van der Waals surface area contributed by atoms with Gasteiger partial charge in [-0.15, -0.1) is 0 Å². The summed E-state index contributed by atoms with van der Waals surface area (Å²) in [5.74, 6) is -0.565. The van der Waals surface area contributed by atoms with Gasteiger partial charge >= 0.3 is 5.97 Å². The molecule has 3 rings (SSSR count). The predicted molar refractivity (Wildman–Crippen MR) is 123 cm³/mol. The van der Waals surface area contributed by atoms with Gasteiger partial charge in [-0.1, -0.05) is 42.8 Å². The van der Waals surface area contributed by atoms with E-state index in [1.54, 1.807) is 0 Å². The van der Waals surface area contributed by atoms with Crippen LogP contribution in [-0.2, 0) is 4.79 Å². The first-order valence-corrected chi connectivity index (χ1v) is 10.5. The van der Waals surface area contributed by atoms with Gasteiger partial charge < -0.3 is 19.2 Å². The Labute approximate surface area is 183 Å². The largest absolute Gasteiger partial charge is 0.492 e. The summed E-state index contributed by atoms with van der Waals surface area (Å²) < 4.78 is 11.6. The van der Waals surface area contributed by atoms with Crippen molar-refractivity contribution in [3.8, 4) is 5.75 Å². The third-order valence-corrected chi connectivity index (χ3v) is 5.41. The summed E-state index contributed by atoms with van der Waals surface area (Å²) >= 11 is 0. The van der Waals surface area contributed by atoms with E-state index in [-0.39, 0.29) is 5.92 Å². The van der Waals surface area contributed by atoms with Crippen molar-refractivity contribution in [2.75, 3.05) is 25.1 Å². The van der Waals surface area contributed by atoms with Crippen LogP contribution in [0.4, 0.5) is 6.01 Å². The number of carboxylic acids is 1. The van der Waals surface area contributed by atoms with Crippen LogP contribution in [0.3, 0.4) is 0 Å². The van der Waals surface area contributed by atoms with Gasteiger partial charge in [0.1, 0.15) is 17.9 Å². The lowest BCUT2D eigenvalue weighted by molar-refractivity contribution is -0.142. The number of rotatable bonds is 10. The van der Waals surface area contributed by atoms with E-state index in [2.05, 4.69) is 4.98 Å². The zero-order valence-corrected chi connectivity index (χ0v) is 18.5. The number of aromatic nitrogens is 1. The summed E-state index contributed by atoms with van der Waals surface area (Å²) in [5.41, 5.74) is 3.72. The molecule has 0 aliphatic heterocycles. The summed E-state index contributed by atoms with van der Waals surface area (Å²) in [4.78, 5) is 18.1. The smallest absolute Gasteiger partial charge is 0.307 e. The lowest BCUT2D eigenvalue weighted by Gasteiger charge is -2.20. The number of ether oxygens (including phenoxy) is 1. The molecular weight excluding hydrogens is 392 g/mol. The van der Waals surface area contributed by atoms with Crippen LogP contribution in [0, 0.1) is 5.92 Å². The van der Waals surface area contributed by atoms with Gasteiger partial charge in [0.25, 0.3) is 6.01 Å².